The van der Waals surface area contributed by atoms with Crippen molar-refractivity contribution in [3.63, 3.8) is 0 Å². The topological polar surface area (TPSA) is 41.1 Å². The Hall–Kier alpha value is -2.29. The van der Waals surface area contributed by atoms with Gasteiger partial charge in [-0.3, -0.25) is 4.79 Å². The summed E-state index contributed by atoms with van der Waals surface area (Å²) in [5.74, 6) is -0.0397. The zero-order valence-electron chi connectivity index (χ0n) is 11.9. The highest BCUT2D eigenvalue weighted by Crippen LogP contribution is 2.17. The van der Waals surface area contributed by atoms with Crippen LogP contribution >= 0.6 is 0 Å². The minimum Gasteiger partial charge on any atom is -0.374 e. The second-order valence-electron chi connectivity index (χ2n) is 4.73. The van der Waals surface area contributed by atoms with E-state index < -0.39 is 0 Å². The van der Waals surface area contributed by atoms with Gasteiger partial charge in [0, 0.05) is 11.4 Å². The zero-order valence-corrected chi connectivity index (χ0v) is 11.9. The number of aryl methyl sites for hydroxylation is 1. The van der Waals surface area contributed by atoms with E-state index in [0.717, 1.165) is 17.8 Å². The Balaban J connectivity index is 2.01. The molecule has 2 N–H and O–H groups in total. The molecular formula is C17H20N2O. The van der Waals surface area contributed by atoms with E-state index in [1.165, 1.54) is 5.56 Å². The fraction of sp³-hybridized carbons (Fsp3) is 0.235. The molecule has 20 heavy (non-hydrogen) atoms. The van der Waals surface area contributed by atoms with Gasteiger partial charge in [0.05, 0.1) is 0 Å². The van der Waals surface area contributed by atoms with Gasteiger partial charge in [0.15, 0.2) is 0 Å². The van der Waals surface area contributed by atoms with E-state index >= 15 is 0 Å². The molecule has 0 aliphatic heterocycles. The molecule has 0 fully saturated rings. The number of hydrogen-bond acceptors (Lipinski definition) is 2. The van der Waals surface area contributed by atoms with Crippen molar-refractivity contribution in [3.05, 3.63) is 60.2 Å². The number of benzene rings is 2. The molecule has 0 aromatic heterocycles. The first-order valence-electron chi connectivity index (χ1n) is 6.91. The lowest BCUT2D eigenvalue weighted by molar-refractivity contribution is -0.116. The Morgan fingerprint density at radius 2 is 1.70 bits per heavy atom. The molecule has 0 aliphatic rings. The van der Waals surface area contributed by atoms with Gasteiger partial charge in [-0.2, -0.15) is 0 Å². The Labute approximate surface area is 120 Å². The van der Waals surface area contributed by atoms with E-state index in [0.29, 0.717) is 0 Å². The Morgan fingerprint density at radius 1 is 1.05 bits per heavy atom. The van der Waals surface area contributed by atoms with Gasteiger partial charge in [0.25, 0.3) is 0 Å². The molecule has 0 radical (unpaired) electrons. The Bertz CT molecular complexity index is 566. The van der Waals surface area contributed by atoms with Crippen molar-refractivity contribution in [3.8, 4) is 0 Å². The smallest absolute Gasteiger partial charge is 0.246 e. The SMILES string of the molecule is CCc1ccccc1N[C@H](C)C(=O)Nc1ccccc1. The molecule has 0 aliphatic carbocycles. The van der Waals surface area contributed by atoms with Gasteiger partial charge in [0.1, 0.15) is 6.04 Å². The van der Waals surface area contributed by atoms with Crippen molar-refractivity contribution >= 4 is 17.3 Å². The molecule has 0 heterocycles. The first-order valence-corrected chi connectivity index (χ1v) is 6.91. The van der Waals surface area contributed by atoms with Crippen LogP contribution in [-0.4, -0.2) is 11.9 Å². The second kappa shape index (κ2) is 6.75. The van der Waals surface area contributed by atoms with Crippen molar-refractivity contribution in [2.24, 2.45) is 0 Å². The number of carbonyl (C=O) groups is 1. The fourth-order valence-corrected chi connectivity index (χ4v) is 2.04. The first kappa shape index (κ1) is 14.1. The lowest BCUT2D eigenvalue weighted by Crippen LogP contribution is -2.32. The van der Waals surface area contributed by atoms with E-state index in [1.54, 1.807) is 0 Å². The molecule has 3 nitrogen and oxygen atoms in total. The van der Waals surface area contributed by atoms with Crippen molar-refractivity contribution in [2.45, 2.75) is 26.3 Å². The van der Waals surface area contributed by atoms with Crippen LogP contribution < -0.4 is 10.6 Å². The molecule has 0 spiro atoms. The predicted molar refractivity (Wildman–Crippen MR) is 84.0 cm³/mol. The molecule has 1 atom stereocenters. The molecule has 2 rings (SSSR count). The molecule has 2 aromatic carbocycles. The second-order valence-corrected chi connectivity index (χ2v) is 4.73. The van der Waals surface area contributed by atoms with E-state index in [2.05, 4.69) is 23.6 Å². The average Bonchev–Trinajstić information content (AvgIpc) is 2.48. The maximum atomic E-state index is 12.1. The molecule has 2 aromatic rings. The van der Waals surface area contributed by atoms with Crippen LogP contribution in [0.25, 0.3) is 0 Å². The van der Waals surface area contributed by atoms with Crippen LogP contribution in [0.3, 0.4) is 0 Å². The third kappa shape index (κ3) is 3.60. The van der Waals surface area contributed by atoms with E-state index in [4.69, 9.17) is 0 Å². The van der Waals surface area contributed by atoms with Crippen molar-refractivity contribution in [1.82, 2.24) is 0 Å². The van der Waals surface area contributed by atoms with Gasteiger partial charge < -0.3 is 10.6 Å². The summed E-state index contributed by atoms with van der Waals surface area (Å²) in [6, 6.07) is 17.3. The number of hydrogen-bond donors (Lipinski definition) is 2. The van der Waals surface area contributed by atoms with Gasteiger partial charge in [-0.05, 0) is 37.1 Å². The Morgan fingerprint density at radius 3 is 2.40 bits per heavy atom. The molecule has 0 saturated heterocycles. The van der Waals surface area contributed by atoms with Gasteiger partial charge in [0.2, 0.25) is 5.91 Å². The summed E-state index contributed by atoms with van der Waals surface area (Å²) in [6.07, 6.45) is 0.941. The maximum Gasteiger partial charge on any atom is 0.246 e. The third-order valence-electron chi connectivity index (χ3n) is 3.20. The molecule has 0 saturated carbocycles. The third-order valence-corrected chi connectivity index (χ3v) is 3.20. The maximum absolute atomic E-state index is 12.1. The van der Waals surface area contributed by atoms with Crippen LogP contribution in [0, 0.1) is 0 Å². The quantitative estimate of drug-likeness (QED) is 0.868. The summed E-state index contributed by atoms with van der Waals surface area (Å²) in [7, 11) is 0. The normalized spacial score (nSPS) is 11.7. The summed E-state index contributed by atoms with van der Waals surface area (Å²) in [6.45, 7) is 3.97. The molecule has 3 heteroatoms. The van der Waals surface area contributed by atoms with E-state index in [9.17, 15) is 4.79 Å². The summed E-state index contributed by atoms with van der Waals surface area (Å²) in [5.41, 5.74) is 3.05. The standard InChI is InChI=1S/C17H20N2O/c1-3-14-9-7-8-12-16(14)18-13(2)17(20)19-15-10-5-4-6-11-15/h4-13,18H,3H2,1-2H3,(H,19,20)/t13-/m1/s1. The zero-order chi connectivity index (χ0) is 14.4. The summed E-state index contributed by atoms with van der Waals surface area (Å²) in [5, 5.41) is 6.17. The largest absolute Gasteiger partial charge is 0.374 e. The van der Waals surface area contributed by atoms with Crippen LogP contribution in [0.1, 0.15) is 19.4 Å². The van der Waals surface area contributed by atoms with Crippen molar-refractivity contribution in [2.75, 3.05) is 10.6 Å². The molecule has 0 bridgehead atoms. The molecular weight excluding hydrogens is 248 g/mol. The first-order chi connectivity index (χ1) is 9.70. The monoisotopic (exact) mass is 268 g/mol. The van der Waals surface area contributed by atoms with E-state index in [-0.39, 0.29) is 11.9 Å². The van der Waals surface area contributed by atoms with E-state index in [1.807, 2.05) is 55.5 Å². The minimum absolute atomic E-state index is 0.0397. The van der Waals surface area contributed by atoms with Crippen LogP contribution in [0.5, 0.6) is 0 Å². The average molecular weight is 268 g/mol. The number of amides is 1. The predicted octanol–water partition coefficient (Wildman–Crippen LogP) is 3.69. The van der Waals surface area contributed by atoms with Crippen LogP contribution in [0.15, 0.2) is 54.6 Å². The van der Waals surface area contributed by atoms with Gasteiger partial charge >= 0.3 is 0 Å². The summed E-state index contributed by atoms with van der Waals surface area (Å²) in [4.78, 5) is 12.1. The van der Waals surface area contributed by atoms with Gasteiger partial charge in [-0.15, -0.1) is 0 Å². The molecule has 1 amide bonds. The lowest BCUT2D eigenvalue weighted by atomic mass is 10.1. The number of carbonyl (C=O) groups excluding carboxylic acids is 1. The van der Waals surface area contributed by atoms with Gasteiger partial charge in [-0.25, -0.2) is 0 Å². The van der Waals surface area contributed by atoms with Crippen molar-refractivity contribution < 1.29 is 4.79 Å². The number of para-hydroxylation sites is 2. The highest BCUT2D eigenvalue weighted by atomic mass is 16.2. The van der Waals surface area contributed by atoms with Crippen LogP contribution in [-0.2, 0) is 11.2 Å². The highest BCUT2D eigenvalue weighted by Gasteiger charge is 2.13. The molecule has 0 unspecified atom stereocenters. The number of anilines is 2. The highest BCUT2D eigenvalue weighted by molar-refractivity contribution is 5.96. The summed E-state index contributed by atoms with van der Waals surface area (Å²) < 4.78 is 0. The van der Waals surface area contributed by atoms with Gasteiger partial charge in [-0.1, -0.05) is 43.3 Å². The lowest BCUT2D eigenvalue weighted by Gasteiger charge is -2.17. The number of nitrogens with one attached hydrogen (secondary N) is 2. The van der Waals surface area contributed by atoms with Crippen LogP contribution in [0.2, 0.25) is 0 Å². The Kier molecular flexibility index (Phi) is 4.77. The number of rotatable bonds is 5. The van der Waals surface area contributed by atoms with Crippen LogP contribution in [0.4, 0.5) is 11.4 Å². The molecule has 104 valence electrons. The summed E-state index contributed by atoms with van der Waals surface area (Å²) >= 11 is 0. The van der Waals surface area contributed by atoms with Crippen molar-refractivity contribution in [1.29, 1.82) is 0 Å². The minimum atomic E-state index is -0.289. The fourth-order valence-electron chi connectivity index (χ4n) is 2.04.